The first-order valence-corrected chi connectivity index (χ1v) is 7.87. The Labute approximate surface area is 125 Å². The summed E-state index contributed by atoms with van der Waals surface area (Å²) >= 11 is 1.85. The Bertz CT molecular complexity index is 595. The molecule has 2 aromatic rings. The monoisotopic (exact) mass is 284 g/mol. The first-order valence-electron chi connectivity index (χ1n) is 7.06. The number of nitrogen functional groups attached to an aromatic ring is 1. The van der Waals surface area contributed by atoms with Crippen molar-refractivity contribution in [1.29, 1.82) is 0 Å². The van der Waals surface area contributed by atoms with E-state index in [1.54, 1.807) is 0 Å². The van der Waals surface area contributed by atoms with Gasteiger partial charge in [-0.3, -0.25) is 0 Å². The number of nitrogens with two attached hydrogens (primary N) is 1. The maximum absolute atomic E-state index is 6.19. The van der Waals surface area contributed by atoms with Crippen LogP contribution in [0, 0.1) is 0 Å². The Morgan fingerprint density at radius 1 is 0.950 bits per heavy atom. The number of hydrogen-bond donors (Lipinski definition) is 1. The van der Waals surface area contributed by atoms with Gasteiger partial charge in [0, 0.05) is 28.6 Å². The molecule has 104 valence electrons. The third-order valence-corrected chi connectivity index (χ3v) is 4.99. The van der Waals surface area contributed by atoms with E-state index in [-0.39, 0.29) is 0 Å². The van der Waals surface area contributed by atoms with E-state index in [0.717, 1.165) is 31.6 Å². The molecule has 0 amide bonds. The van der Waals surface area contributed by atoms with Crippen LogP contribution in [0.1, 0.15) is 11.1 Å². The van der Waals surface area contributed by atoms with Crippen molar-refractivity contribution < 1.29 is 0 Å². The SMILES string of the molecule is CN1CCc2c(N)ccc(Sc3ccccc3)c2CC1. The summed E-state index contributed by atoms with van der Waals surface area (Å²) in [5.41, 5.74) is 9.95. The number of anilines is 1. The fourth-order valence-corrected chi connectivity index (χ4v) is 3.72. The Balaban J connectivity index is 1.96. The van der Waals surface area contributed by atoms with Crippen molar-refractivity contribution in [2.24, 2.45) is 0 Å². The van der Waals surface area contributed by atoms with Gasteiger partial charge in [-0.25, -0.2) is 0 Å². The van der Waals surface area contributed by atoms with Crippen LogP contribution in [0.15, 0.2) is 52.3 Å². The van der Waals surface area contributed by atoms with Crippen LogP contribution in [-0.4, -0.2) is 25.0 Å². The van der Waals surface area contributed by atoms with Crippen LogP contribution in [0.25, 0.3) is 0 Å². The van der Waals surface area contributed by atoms with E-state index in [1.165, 1.54) is 20.9 Å². The molecule has 0 bridgehead atoms. The molecule has 0 fully saturated rings. The largest absolute Gasteiger partial charge is 0.398 e. The number of hydrogen-bond acceptors (Lipinski definition) is 3. The van der Waals surface area contributed by atoms with Crippen LogP contribution in [-0.2, 0) is 12.8 Å². The maximum Gasteiger partial charge on any atom is 0.0350 e. The first kappa shape index (κ1) is 13.5. The molecular weight excluding hydrogens is 264 g/mol. The van der Waals surface area contributed by atoms with Gasteiger partial charge in [-0.05, 0) is 55.3 Å². The molecule has 0 spiro atoms. The van der Waals surface area contributed by atoms with Gasteiger partial charge in [0.2, 0.25) is 0 Å². The van der Waals surface area contributed by atoms with Crippen molar-refractivity contribution in [3.05, 3.63) is 53.6 Å². The predicted octanol–water partition coefficient (Wildman–Crippen LogP) is 3.45. The van der Waals surface area contributed by atoms with Gasteiger partial charge < -0.3 is 10.6 Å². The van der Waals surface area contributed by atoms with Gasteiger partial charge in [0.15, 0.2) is 0 Å². The molecule has 0 aliphatic carbocycles. The molecule has 1 aliphatic rings. The minimum absolute atomic E-state index is 0.952. The van der Waals surface area contributed by atoms with Crippen LogP contribution < -0.4 is 5.73 Å². The predicted molar refractivity (Wildman–Crippen MR) is 86.3 cm³/mol. The van der Waals surface area contributed by atoms with E-state index in [0.29, 0.717) is 0 Å². The number of fused-ring (bicyclic) bond motifs is 1. The van der Waals surface area contributed by atoms with Crippen LogP contribution in [0.3, 0.4) is 0 Å². The molecule has 0 unspecified atom stereocenters. The number of nitrogens with zero attached hydrogens (tertiary/aromatic N) is 1. The fourth-order valence-electron chi connectivity index (χ4n) is 2.69. The van der Waals surface area contributed by atoms with Gasteiger partial charge in [-0.15, -0.1) is 0 Å². The maximum atomic E-state index is 6.19. The van der Waals surface area contributed by atoms with Crippen molar-refractivity contribution in [3.63, 3.8) is 0 Å². The molecule has 3 rings (SSSR count). The Kier molecular flexibility index (Phi) is 3.99. The van der Waals surface area contributed by atoms with Crippen LogP contribution >= 0.6 is 11.8 Å². The van der Waals surface area contributed by atoms with Crippen LogP contribution in [0.4, 0.5) is 5.69 Å². The second-order valence-electron chi connectivity index (χ2n) is 5.33. The minimum atomic E-state index is 0.952. The number of rotatable bonds is 2. The molecule has 0 atom stereocenters. The summed E-state index contributed by atoms with van der Waals surface area (Å²) in [6, 6.07) is 14.8. The summed E-state index contributed by atoms with van der Waals surface area (Å²) in [5, 5.41) is 0. The Morgan fingerprint density at radius 3 is 2.40 bits per heavy atom. The van der Waals surface area contributed by atoms with Crippen molar-refractivity contribution >= 4 is 17.4 Å². The van der Waals surface area contributed by atoms with Crippen molar-refractivity contribution in [2.45, 2.75) is 22.6 Å². The molecule has 0 saturated heterocycles. The lowest BCUT2D eigenvalue weighted by molar-refractivity contribution is 0.352. The molecule has 0 radical (unpaired) electrons. The van der Waals surface area contributed by atoms with Crippen LogP contribution in [0.2, 0.25) is 0 Å². The summed E-state index contributed by atoms with van der Waals surface area (Å²) < 4.78 is 0. The lowest BCUT2D eigenvalue weighted by Crippen LogP contribution is -2.20. The van der Waals surface area contributed by atoms with Gasteiger partial charge >= 0.3 is 0 Å². The highest BCUT2D eigenvalue weighted by atomic mass is 32.2. The summed E-state index contributed by atoms with van der Waals surface area (Å²) in [4.78, 5) is 5.03. The van der Waals surface area contributed by atoms with E-state index in [9.17, 15) is 0 Å². The van der Waals surface area contributed by atoms with E-state index in [2.05, 4.69) is 54.4 Å². The topological polar surface area (TPSA) is 29.3 Å². The zero-order chi connectivity index (χ0) is 13.9. The first-order chi connectivity index (χ1) is 9.74. The van der Waals surface area contributed by atoms with E-state index in [4.69, 9.17) is 5.73 Å². The van der Waals surface area contributed by atoms with Gasteiger partial charge in [0.25, 0.3) is 0 Å². The summed E-state index contributed by atoms with van der Waals surface area (Å²) in [6.07, 6.45) is 2.15. The molecule has 2 aromatic carbocycles. The Morgan fingerprint density at radius 2 is 1.65 bits per heavy atom. The average molecular weight is 284 g/mol. The Hall–Kier alpha value is -1.45. The number of benzene rings is 2. The molecular formula is C17H20N2S. The van der Waals surface area contributed by atoms with E-state index < -0.39 is 0 Å². The molecule has 20 heavy (non-hydrogen) atoms. The van der Waals surface area contributed by atoms with Crippen molar-refractivity contribution in [2.75, 3.05) is 25.9 Å². The smallest absolute Gasteiger partial charge is 0.0350 e. The van der Waals surface area contributed by atoms with E-state index in [1.807, 2.05) is 11.8 Å². The third-order valence-electron chi connectivity index (χ3n) is 3.88. The zero-order valence-electron chi connectivity index (χ0n) is 11.8. The lowest BCUT2D eigenvalue weighted by Gasteiger charge is -2.14. The summed E-state index contributed by atoms with van der Waals surface area (Å²) in [7, 11) is 2.19. The second-order valence-corrected chi connectivity index (χ2v) is 6.44. The molecule has 2 N–H and O–H groups in total. The highest BCUT2D eigenvalue weighted by Crippen LogP contribution is 2.35. The summed E-state index contributed by atoms with van der Waals surface area (Å²) in [5.74, 6) is 0. The molecule has 1 heterocycles. The quantitative estimate of drug-likeness (QED) is 0.857. The lowest BCUT2D eigenvalue weighted by atomic mass is 10.0. The normalized spacial score (nSPS) is 15.7. The molecule has 2 nitrogen and oxygen atoms in total. The second kappa shape index (κ2) is 5.90. The highest BCUT2D eigenvalue weighted by molar-refractivity contribution is 7.99. The van der Waals surface area contributed by atoms with Gasteiger partial charge in [0.05, 0.1) is 0 Å². The molecule has 1 aliphatic heterocycles. The van der Waals surface area contributed by atoms with Crippen molar-refractivity contribution in [1.82, 2.24) is 4.90 Å². The molecule has 0 aromatic heterocycles. The molecule has 3 heteroatoms. The third kappa shape index (κ3) is 2.84. The average Bonchev–Trinajstić information content (AvgIpc) is 2.66. The van der Waals surface area contributed by atoms with Crippen LogP contribution in [0.5, 0.6) is 0 Å². The zero-order valence-corrected chi connectivity index (χ0v) is 12.6. The minimum Gasteiger partial charge on any atom is -0.398 e. The number of likely N-dealkylation sites (N-methyl/N-ethyl adjacent to an activating group) is 1. The van der Waals surface area contributed by atoms with Crippen molar-refractivity contribution in [3.8, 4) is 0 Å². The highest BCUT2D eigenvalue weighted by Gasteiger charge is 2.17. The fraction of sp³-hybridized carbons (Fsp3) is 0.294. The van der Waals surface area contributed by atoms with Gasteiger partial charge in [-0.2, -0.15) is 0 Å². The summed E-state index contributed by atoms with van der Waals surface area (Å²) in [6.45, 7) is 2.20. The van der Waals surface area contributed by atoms with Gasteiger partial charge in [-0.1, -0.05) is 30.0 Å². The van der Waals surface area contributed by atoms with Gasteiger partial charge in [0.1, 0.15) is 0 Å². The van der Waals surface area contributed by atoms with E-state index >= 15 is 0 Å². The molecule has 0 saturated carbocycles. The standard InChI is InChI=1S/C17H20N2S/c1-19-11-9-14-15(10-12-19)17(8-7-16(14)18)20-13-5-3-2-4-6-13/h2-8H,9-12,18H2,1H3.